The van der Waals surface area contributed by atoms with Gasteiger partial charge in [0.1, 0.15) is 0 Å². The van der Waals surface area contributed by atoms with Gasteiger partial charge in [-0.3, -0.25) is 0 Å². The van der Waals surface area contributed by atoms with Crippen LogP contribution in [-0.2, 0) is 11.3 Å². The molecule has 1 aromatic carbocycles. The summed E-state index contributed by atoms with van der Waals surface area (Å²) >= 11 is 0. The second-order valence-electron chi connectivity index (χ2n) is 3.79. The number of hydrogen-bond acceptors (Lipinski definition) is 2. The zero-order valence-corrected chi connectivity index (χ0v) is 9.80. The molecule has 0 amide bonds. The highest BCUT2D eigenvalue weighted by atomic mass is 16.5. The summed E-state index contributed by atoms with van der Waals surface area (Å²) in [6.45, 7) is 3.18. The summed E-state index contributed by atoms with van der Waals surface area (Å²) in [5.74, 6) is 0. The number of ether oxygens (including phenoxy) is 1. The molecule has 0 aliphatic carbocycles. The van der Waals surface area contributed by atoms with Crippen LogP contribution in [0, 0.1) is 0 Å². The van der Waals surface area contributed by atoms with E-state index < -0.39 is 0 Å². The first-order valence-corrected chi connectivity index (χ1v) is 5.74. The molecule has 16 heavy (non-hydrogen) atoms. The summed E-state index contributed by atoms with van der Waals surface area (Å²) in [5, 5.41) is 9.55. The molecule has 1 aromatic rings. The Hall–Kier alpha value is -1.12. The average Bonchev–Trinajstić information content (AvgIpc) is 2.33. The van der Waals surface area contributed by atoms with E-state index in [4.69, 9.17) is 4.74 Å². The van der Waals surface area contributed by atoms with E-state index in [1.165, 1.54) is 5.56 Å². The average molecular weight is 220 g/mol. The summed E-state index contributed by atoms with van der Waals surface area (Å²) < 4.78 is 5.49. The van der Waals surface area contributed by atoms with Crippen molar-refractivity contribution >= 4 is 0 Å². The third kappa shape index (κ3) is 5.69. The highest BCUT2D eigenvalue weighted by molar-refractivity contribution is 5.13. The van der Waals surface area contributed by atoms with Crippen LogP contribution in [0.15, 0.2) is 42.5 Å². The van der Waals surface area contributed by atoms with Gasteiger partial charge in [0, 0.05) is 6.61 Å². The number of allylic oxidation sites excluding steroid dienone is 1. The molecule has 88 valence electrons. The smallest absolute Gasteiger partial charge is 0.0716 e. The molecule has 2 heteroatoms. The minimum absolute atomic E-state index is 0.285. The maximum Gasteiger partial charge on any atom is 0.0716 e. The van der Waals surface area contributed by atoms with Crippen LogP contribution in [0.1, 0.15) is 25.3 Å². The number of rotatable bonds is 7. The fourth-order valence-electron chi connectivity index (χ4n) is 1.39. The molecular formula is C14H20O2. The van der Waals surface area contributed by atoms with E-state index in [9.17, 15) is 5.11 Å². The van der Waals surface area contributed by atoms with Crippen LogP contribution in [-0.4, -0.2) is 17.8 Å². The van der Waals surface area contributed by atoms with E-state index in [2.05, 4.69) is 0 Å². The molecular weight excluding hydrogens is 200 g/mol. The van der Waals surface area contributed by atoms with Crippen molar-refractivity contribution in [2.24, 2.45) is 0 Å². The molecule has 0 bridgehead atoms. The summed E-state index contributed by atoms with van der Waals surface area (Å²) in [6, 6.07) is 10.1. The Labute approximate surface area is 97.6 Å². The maximum atomic E-state index is 9.55. The fraction of sp³-hybridized carbons (Fsp3) is 0.429. The van der Waals surface area contributed by atoms with Gasteiger partial charge in [-0.1, -0.05) is 42.5 Å². The van der Waals surface area contributed by atoms with Crippen LogP contribution < -0.4 is 0 Å². The number of aliphatic hydroxyl groups is 1. The van der Waals surface area contributed by atoms with E-state index in [0.717, 1.165) is 0 Å². The van der Waals surface area contributed by atoms with Gasteiger partial charge in [-0.05, 0) is 25.3 Å². The van der Waals surface area contributed by atoms with Crippen LogP contribution in [0.4, 0.5) is 0 Å². The van der Waals surface area contributed by atoms with E-state index >= 15 is 0 Å². The topological polar surface area (TPSA) is 29.5 Å². The van der Waals surface area contributed by atoms with Crippen molar-refractivity contribution < 1.29 is 9.84 Å². The number of hydrogen-bond donors (Lipinski definition) is 1. The second-order valence-corrected chi connectivity index (χ2v) is 3.79. The molecule has 0 radical (unpaired) electrons. The molecule has 0 saturated heterocycles. The van der Waals surface area contributed by atoms with Crippen molar-refractivity contribution in [2.75, 3.05) is 6.61 Å². The van der Waals surface area contributed by atoms with Crippen LogP contribution in [0.5, 0.6) is 0 Å². The largest absolute Gasteiger partial charge is 0.393 e. The summed E-state index contributed by atoms with van der Waals surface area (Å²) in [5.41, 5.74) is 1.17. The van der Waals surface area contributed by atoms with Crippen LogP contribution in [0.25, 0.3) is 0 Å². The first-order valence-electron chi connectivity index (χ1n) is 5.74. The van der Waals surface area contributed by atoms with Crippen molar-refractivity contribution in [2.45, 2.75) is 32.5 Å². The van der Waals surface area contributed by atoms with E-state index in [0.29, 0.717) is 26.1 Å². The lowest BCUT2D eigenvalue weighted by atomic mass is 10.2. The van der Waals surface area contributed by atoms with Gasteiger partial charge in [-0.15, -0.1) is 0 Å². The lowest BCUT2D eigenvalue weighted by Crippen LogP contribution is -2.09. The van der Waals surface area contributed by atoms with Crippen molar-refractivity contribution in [1.82, 2.24) is 0 Å². The predicted octanol–water partition coefficient (Wildman–Crippen LogP) is 2.92. The molecule has 0 fully saturated rings. The van der Waals surface area contributed by atoms with Crippen LogP contribution in [0.3, 0.4) is 0 Å². The first kappa shape index (κ1) is 12.9. The van der Waals surface area contributed by atoms with E-state index in [1.54, 1.807) is 0 Å². The quantitative estimate of drug-likeness (QED) is 0.565. The normalized spacial score (nSPS) is 13.1. The highest BCUT2D eigenvalue weighted by Gasteiger charge is 2.01. The monoisotopic (exact) mass is 220 g/mol. The van der Waals surface area contributed by atoms with E-state index in [-0.39, 0.29) is 6.10 Å². The summed E-state index contributed by atoms with van der Waals surface area (Å²) in [4.78, 5) is 0. The third-order valence-electron chi connectivity index (χ3n) is 2.35. The molecule has 0 heterocycles. The Bertz CT molecular complexity index is 293. The Morgan fingerprint density at radius 1 is 1.31 bits per heavy atom. The lowest BCUT2D eigenvalue weighted by molar-refractivity contribution is 0.0746. The van der Waals surface area contributed by atoms with Gasteiger partial charge in [-0.25, -0.2) is 0 Å². The molecule has 0 saturated carbocycles. The van der Waals surface area contributed by atoms with Gasteiger partial charge in [0.15, 0.2) is 0 Å². The van der Waals surface area contributed by atoms with Gasteiger partial charge in [0.05, 0.1) is 12.7 Å². The van der Waals surface area contributed by atoms with Gasteiger partial charge >= 0.3 is 0 Å². The first-order chi connectivity index (χ1) is 7.83. The SMILES string of the molecule is C/C=C\C[C@@H](O)CCOCc1ccccc1. The second kappa shape index (κ2) is 8.08. The molecule has 0 aliphatic rings. The zero-order valence-electron chi connectivity index (χ0n) is 9.80. The van der Waals surface area contributed by atoms with Gasteiger partial charge in [-0.2, -0.15) is 0 Å². The minimum atomic E-state index is -0.285. The molecule has 0 aliphatic heterocycles. The Morgan fingerprint density at radius 2 is 2.06 bits per heavy atom. The Kier molecular flexibility index (Phi) is 6.54. The Balaban J connectivity index is 2.08. The van der Waals surface area contributed by atoms with Crippen LogP contribution in [0.2, 0.25) is 0 Å². The standard InChI is InChI=1S/C14H20O2/c1-2-3-9-14(15)10-11-16-12-13-7-5-4-6-8-13/h2-8,14-15H,9-12H2,1H3/b3-2-/t14-/m1/s1. The van der Waals surface area contributed by atoms with E-state index in [1.807, 2.05) is 49.4 Å². The summed E-state index contributed by atoms with van der Waals surface area (Å²) in [7, 11) is 0. The van der Waals surface area contributed by atoms with Gasteiger partial charge in [0.25, 0.3) is 0 Å². The predicted molar refractivity (Wildman–Crippen MR) is 66.2 cm³/mol. The van der Waals surface area contributed by atoms with Gasteiger partial charge < -0.3 is 9.84 Å². The van der Waals surface area contributed by atoms with Crippen molar-refractivity contribution in [1.29, 1.82) is 0 Å². The van der Waals surface area contributed by atoms with Crippen LogP contribution >= 0.6 is 0 Å². The molecule has 0 aromatic heterocycles. The molecule has 2 nitrogen and oxygen atoms in total. The molecule has 1 N–H and O–H groups in total. The molecule has 1 atom stereocenters. The van der Waals surface area contributed by atoms with Crippen molar-refractivity contribution in [3.63, 3.8) is 0 Å². The fourth-order valence-corrected chi connectivity index (χ4v) is 1.39. The minimum Gasteiger partial charge on any atom is -0.393 e. The van der Waals surface area contributed by atoms with Crippen molar-refractivity contribution in [3.05, 3.63) is 48.0 Å². The molecule has 0 unspecified atom stereocenters. The van der Waals surface area contributed by atoms with Crippen molar-refractivity contribution in [3.8, 4) is 0 Å². The highest BCUT2D eigenvalue weighted by Crippen LogP contribution is 2.03. The maximum absolute atomic E-state index is 9.55. The molecule has 1 rings (SSSR count). The zero-order chi connectivity index (χ0) is 11.6. The third-order valence-corrected chi connectivity index (χ3v) is 2.35. The number of aliphatic hydroxyl groups excluding tert-OH is 1. The Morgan fingerprint density at radius 3 is 2.75 bits per heavy atom. The number of benzene rings is 1. The van der Waals surface area contributed by atoms with Gasteiger partial charge in [0.2, 0.25) is 0 Å². The lowest BCUT2D eigenvalue weighted by Gasteiger charge is -2.08. The molecule has 0 spiro atoms. The summed E-state index contributed by atoms with van der Waals surface area (Å²) in [6.07, 6.45) is 5.05.